The highest BCUT2D eigenvalue weighted by molar-refractivity contribution is 5.94. The molecule has 1 aliphatic heterocycles. The third-order valence-corrected chi connectivity index (χ3v) is 4.22. The number of nitrogens with one attached hydrogen (secondary N) is 1. The SMILES string of the molecule is CNCC1CCCN(C(=O)c2nn(-c3ccccc3)cc2O)C1.Cl. The van der Waals surface area contributed by atoms with E-state index in [0.29, 0.717) is 12.5 Å². The van der Waals surface area contributed by atoms with Crippen molar-refractivity contribution in [3.05, 3.63) is 42.2 Å². The van der Waals surface area contributed by atoms with Crippen LogP contribution in [-0.2, 0) is 0 Å². The van der Waals surface area contributed by atoms with Gasteiger partial charge in [-0.1, -0.05) is 18.2 Å². The maximum atomic E-state index is 12.7. The van der Waals surface area contributed by atoms with Gasteiger partial charge in [-0.05, 0) is 44.5 Å². The second-order valence-electron chi connectivity index (χ2n) is 5.96. The van der Waals surface area contributed by atoms with Crippen molar-refractivity contribution >= 4 is 18.3 Å². The lowest BCUT2D eigenvalue weighted by Crippen LogP contribution is -2.42. The molecule has 1 atom stereocenters. The van der Waals surface area contributed by atoms with E-state index in [9.17, 15) is 9.90 Å². The van der Waals surface area contributed by atoms with Gasteiger partial charge >= 0.3 is 0 Å². The molecule has 2 heterocycles. The first-order valence-electron chi connectivity index (χ1n) is 7.97. The highest BCUT2D eigenvalue weighted by Crippen LogP contribution is 2.23. The number of aromatic nitrogens is 2. The summed E-state index contributed by atoms with van der Waals surface area (Å²) in [4.78, 5) is 14.5. The first-order valence-corrected chi connectivity index (χ1v) is 7.97. The number of nitrogens with zero attached hydrogens (tertiary/aromatic N) is 3. The predicted molar refractivity (Wildman–Crippen MR) is 95.0 cm³/mol. The van der Waals surface area contributed by atoms with Gasteiger partial charge in [-0.3, -0.25) is 4.79 Å². The molecule has 2 aromatic rings. The van der Waals surface area contributed by atoms with Crippen LogP contribution < -0.4 is 5.32 Å². The van der Waals surface area contributed by atoms with Crippen molar-refractivity contribution in [3.8, 4) is 11.4 Å². The highest BCUT2D eigenvalue weighted by atomic mass is 35.5. The lowest BCUT2D eigenvalue weighted by Gasteiger charge is -2.32. The van der Waals surface area contributed by atoms with Crippen LogP contribution in [0.15, 0.2) is 36.5 Å². The number of piperidine rings is 1. The van der Waals surface area contributed by atoms with Gasteiger partial charge < -0.3 is 15.3 Å². The van der Waals surface area contributed by atoms with Crippen molar-refractivity contribution in [2.45, 2.75) is 12.8 Å². The Morgan fingerprint density at radius 3 is 2.83 bits per heavy atom. The van der Waals surface area contributed by atoms with Crippen molar-refractivity contribution in [1.29, 1.82) is 0 Å². The molecule has 1 amide bonds. The molecule has 0 aliphatic carbocycles. The third-order valence-electron chi connectivity index (χ3n) is 4.22. The van der Waals surface area contributed by atoms with Crippen molar-refractivity contribution < 1.29 is 9.90 Å². The Hall–Kier alpha value is -2.05. The van der Waals surface area contributed by atoms with Crippen LogP contribution in [-0.4, -0.2) is 52.4 Å². The number of carbonyl (C=O) groups excluding carboxylic acids is 1. The first kappa shape index (κ1) is 18.3. The number of halogens is 1. The number of amides is 1. The van der Waals surface area contributed by atoms with E-state index in [0.717, 1.165) is 31.6 Å². The van der Waals surface area contributed by atoms with E-state index in [1.54, 1.807) is 4.90 Å². The summed E-state index contributed by atoms with van der Waals surface area (Å²) in [6.07, 6.45) is 3.59. The fourth-order valence-corrected chi connectivity index (χ4v) is 3.08. The Bertz CT molecular complexity index is 672. The summed E-state index contributed by atoms with van der Waals surface area (Å²) in [6.45, 7) is 2.32. The van der Waals surface area contributed by atoms with Gasteiger partial charge in [-0.25, -0.2) is 4.68 Å². The van der Waals surface area contributed by atoms with Crippen LogP contribution in [0.3, 0.4) is 0 Å². The number of likely N-dealkylation sites (tertiary alicyclic amines) is 1. The normalized spacial score (nSPS) is 17.4. The van der Waals surface area contributed by atoms with Crippen LogP contribution in [0.2, 0.25) is 0 Å². The van der Waals surface area contributed by atoms with Gasteiger partial charge in [-0.2, -0.15) is 5.10 Å². The monoisotopic (exact) mass is 350 g/mol. The summed E-state index contributed by atoms with van der Waals surface area (Å²) in [7, 11) is 1.92. The molecule has 1 aromatic heterocycles. The molecule has 1 saturated heterocycles. The van der Waals surface area contributed by atoms with Crippen LogP contribution in [0.5, 0.6) is 5.75 Å². The van der Waals surface area contributed by atoms with E-state index in [1.807, 2.05) is 37.4 Å². The molecular weight excluding hydrogens is 328 g/mol. The van der Waals surface area contributed by atoms with Crippen molar-refractivity contribution in [3.63, 3.8) is 0 Å². The summed E-state index contributed by atoms with van der Waals surface area (Å²) in [6, 6.07) is 9.45. The fourth-order valence-electron chi connectivity index (χ4n) is 3.08. The summed E-state index contributed by atoms with van der Waals surface area (Å²) < 4.78 is 1.54. The van der Waals surface area contributed by atoms with Crippen molar-refractivity contribution in [2.75, 3.05) is 26.7 Å². The Balaban J connectivity index is 0.00000208. The van der Waals surface area contributed by atoms with E-state index in [1.165, 1.54) is 10.9 Å². The molecule has 3 rings (SSSR count). The number of hydrogen-bond donors (Lipinski definition) is 2. The molecule has 1 unspecified atom stereocenters. The molecule has 0 saturated carbocycles. The van der Waals surface area contributed by atoms with Gasteiger partial charge in [0.2, 0.25) is 0 Å². The molecule has 0 radical (unpaired) electrons. The van der Waals surface area contributed by atoms with E-state index in [4.69, 9.17) is 0 Å². The van der Waals surface area contributed by atoms with E-state index < -0.39 is 0 Å². The van der Waals surface area contributed by atoms with E-state index in [2.05, 4.69) is 10.4 Å². The Morgan fingerprint density at radius 2 is 2.12 bits per heavy atom. The lowest BCUT2D eigenvalue weighted by atomic mass is 9.98. The molecule has 6 nitrogen and oxygen atoms in total. The maximum absolute atomic E-state index is 12.7. The molecular formula is C17H23ClN4O2. The topological polar surface area (TPSA) is 70.4 Å². The minimum atomic E-state index is -0.196. The summed E-state index contributed by atoms with van der Waals surface area (Å²) in [5.41, 5.74) is 0.938. The standard InChI is InChI=1S/C17H22N4O2.ClH/c1-18-10-13-6-5-9-20(11-13)17(23)16-15(22)12-21(19-16)14-7-3-2-4-8-14;/h2-4,7-8,12-13,18,22H,5-6,9-11H2,1H3;1H. The predicted octanol–water partition coefficient (Wildman–Crippen LogP) is 2.07. The van der Waals surface area contributed by atoms with Crippen molar-refractivity contribution in [2.24, 2.45) is 5.92 Å². The first-order chi connectivity index (χ1) is 11.2. The third kappa shape index (κ3) is 3.88. The summed E-state index contributed by atoms with van der Waals surface area (Å²) >= 11 is 0. The molecule has 1 aliphatic rings. The van der Waals surface area contributed by atoms with Gasteiger partial charge in [0, 0.05) is 13.1 Å². The van der Waals surface area contributed by atoms with Gasteiger partial charge in [-0.15, -0.1) is 12.4 Å². The molecule has 7 heteroatoms. The highest BCUT2D eigenvalue weighted by Gasteiger charge is 2.27. The van der Waals surface area contributed by atoms with Gasteiger partial charge in [0.25, 0.3) is 5.91 Å². The smallest absolute Gasteiger partial charge is 0.278 e. The Morgan fingerprint density at radius 1 is 1.38 bits per heavy atom. The Labute approximate surface area is 147 Å². The second-order valence-corrected chi connectivity index (χ2v) is 5.96. The van der Waals surface area contributed by atoms with Crippen LogP contribution >= 0.6 is 12.4 Å². The number of rotatable bonds is 4. The van der Waals surface area contributed by atoms with Crippen LogP contribution in [0.25, 0.3) is 5.69 Å². The van der Waals surface area contributed by atoms with Crippen molar-refractivity contribution in [1.82, 2.24) is 20.0 Å². The number of aromatic hydroxyl groups is 1. The molecule has 130 valence electrons. The minimum Gasteiger partial charge on any atom is -0.504 e. The van der Waals surface area contributed by atoms with Crippen LogP contribution in [0.1, 0.15) is 23.3 Å². The van der Waals surface area contributed by atoms with E-state index in [-0.39, 0.29) is 29.8 Å². The number of hydrogen-bond acceptors (Lipinski definition) is 4. The molecule has 0 spiro atoms. The second kappa shape index (κ2) is 8.17. The van der Waals surface area contributed by atoms with Gasteiger partial charge in [0.15, 0.2) is 11.4 Å². The average molecular weight is 351 g/mol. The number of para-hydroxylation sites is 1. The molecule has 24 heavy (non-hydrogen) atoms. The summed E-state index contributed by atoms with van der Waals surface area (Å²) in [5, 5.41) is 17.6. The molecule has 1 fully saturated rings. The quantitative estimate of drug-likeness (QED) is 0.885. The zero-order valence-electron chi connectivity index (χ0n) is 13.7. The number of benzene rings is 1. The van der Waals surface area contributed by atoms with Gasteiger partial charge in [0.1, 0.15) is 0 Å². The molecule has 0 bridgehead atoms. The molecule has 2 N–H and O–H groups in total. The van der Waals surface area contributed by atoms with Crippen LogP contribution in [0, 0.1) is 5.92 Å². The largest absolute Gasteiger partial charge is 0.504 e. The maximum Gasteiger partial charge on any atom is 0.278 e. The minimum absolute atomic E-state index is 0. The van der Waals surface area contributed by atoms with E-state index >= 15 is 0 Å². The lowest BCUT2D eigenvalue weighted by molar-refractivity contribution is 0.0665. The zero-order valence-corrected chi connectivity index (χ0v) is 14.5. The fraction of sp³-hybridized carbons (Fsp3) is 0.412. The average Bonchev–Trinajstić information content (AvgIpc) is 2.97. The van der Waals surface area contributed by atoms with Gasteiger partial charge in [0.05, 0.1) is 11.9 Å². The Kier molecular flexibility index (Phi) is 6.23. The summed E-state index contributed by atoms with van der Waals surface area (Å²) in [5.74, 6) is 0.184. The number of carbonyl (C=O) groups is 1. The zero-order chi connectivity index (χ0) is 16.2. The molecule has 1 aromatic carbocycles. The van der Waals surface area contributed by atoms with Crippen LogP contribution in [0.4, 0.5) is 0 Å².